The van der Waals surface area contributed by atoms with Crippen molar-refractivity contribution < 1.29 is 14.9 Å². The summed E-state index contributed by atoms with van der Waals surface area (Å²) in [5, 5.41) is 23.8. The van der Waals surface area contributed by atoms with Crippen LogP contribution in [0.5, 0.6) is 0 Å². The standard InChI is InChI=1S/C17H23N5O3/c1-8-13(23)14(24)17(25-8)22-7-20-12-15(18-6-19-16(12)22)21-11-5-9-2-3-10(11)4-9/h6-11,13-14,17,23-24H,2-5H2,1H3,(H,18,19,21)/t8-,9?,10?,11?,13-,14-,17-/m1/s1. The fourth-order valence-electron chi connectivity index (χ4n) is 4.80. The van der Waals surface area contributed by atoms with Crippen molar-refractivity contribution in [3.05, 3.63) is 12.7 Å². The van der Waals surface area contributed by atoms with E-state index in [4.69, 9.17) is 4.74 Å². The highest BCUT2D eigenvalue weighted by Crippen LogP contribution is 2.45. The van der Waals surface area contributed by atoms with Gasteiger partial charge in [0.15, 0.2) is 23.2 Å². The average Bonchev–Trinajstić information content (AvgIpc) is 3.36. The monoisotopic (exact) mass is 345 g/mol. The van der Waals surface area contributed by atoms with Crippen LogP contribution in [-0.2, 0) is 4.74 Å². The maximum Gasteiger partial charge on any atom is 0.167 e. The Morgan fingerprint density at radius 2 is 2.04 bits per heavy atom. The summed E-state index contributed by atoms with van der Waals surface area (Å²) < 4.78 is 7.37. The van der Waals surface area contributed by atoms with Crippen LogP contribution in [0.25, 0.3) is 11.2 Å². The van der Waals surface area contributed by atoms with Crippen molar-refractivity contribution in [2.75, 3.05) is 5.32 Å². The maximum atomic E-state index is 10.2. The molecule has 3 unspecified atom stereocenters. The lowest BCUT2D eigenvalue weighted by Crippen LogP contribution is -2.30. The van der Waals surface area contributed by atoms with Crippen molar-refractivity contribution >= 4 is 17.0 Å². The molecule has 0 radical (unpaired) electrons. The van der Waals surface area contributed by atoms with Crippen LogP contribution in [-0.4, -0.2) is 54.1 Å². The van der Waals surface area contributed by atoms with Gasteiger partial charge in [-0.05, 0) is 38.0 Å². The third-order valence-electron chi connectivity index (χ3n) is 6.17. The fraction of sp³-hybridized carbons (Fsp3) is 0.706. The Bertz CT molecular complexity index is 796. The van der Waals surface area contributed by atoms with E-state index in [1.807, 2.05) is 0 Å². The van der Waals surface area contributed by atoms with Crippen LogP contribution in [0.4, 0.5) is 5.82 Å². The highest BCUT2D eigenvalue weighted by molar-refractivity contribution is 5.82. The molecular formula is C17H23N5O3. The van der Waals surface area contributed by atoms with Gasteiger partial charge >= 0.3 is 0 Å². The molecule has 3 fully saturated rings. The zero-order valence-electron chi connectivity index (χ0n) is 14.1. The molecule has 2 aromatic heterocycles. The van der Waals surface area contributed by atoms with Crippen LogP contribution in [0.15, 0.2) is 12.7 Å². The molecule has 0 spiro atoms. The van der Waals surface area contributed by atoms with Crippen LogP contribution in [0, 0.1) is 11.8 Å². The first-order valence-corrected chi connectivity index (χ1v) is 9.07. The van der Waals surface area contributed by atoms with Crippen molar-refractivity contribution in [2.24, 2.45) is 11.8 Å². The molecule has 8 heteroatoms. The van der Waals surface area contributed by atoms with Gasteiger partial charge in [0.2, 0.25) is 0 Å². The summed E-state index contributed by atoms with van der Waals surface area (Å²) >= 11 is 0. The van der Waals surface area contributed by atoms with Gasteiger partial charge in [-0.1, -0.05) is 6.42 Å². The second-order valence-electron chi connectivity index (χ2n) is 7.68. The molecule has 25 heavy (non-hydrogen) atoms. The lowest BCUT2D eigenvalue weighted by molar-refractivity contribution is -0.0299. The quantitative estimate of drug-likeness (QED) is 0.764. The molecular weight excluding hydrogens is 322 g/mol. The predicted molar refractivity (Wildman–Crippen MR) is 89.8 cm³/mol. The molecule has 1 aliphatic heterocycles. The van der Waals surface area contributed by atoms with Crippen LogP contribution in [0.3, 0.4) is 0 Å². The number of hydrogen-bond acceptors (Lipinski definition) is 7. The van der Waals surface area contributed by atoms with Crippen LogP contribution in [0.2, 0.25) is 0 Å². The molecule has 2 aromatic rings. The molecule has 0 aromatic carbocycles. The third kappa shape index (κ3) is 2.35. The van der Waals surface area contributed by atoms with Crippen LogP contribution >= 0.6 is 0 Å². The minimum atomic E-state index is -1.01. The van der Waals surface area contributed by atoms with E-state index >= 15 is 0 Å². The average molecular weight is 345 g/mol. The molecule has 3 aliphatic rings. The molecule has 134 valence electrons. The second-order valence-corrected chi connectivity index (χ2v) is 7.68. The van der Waals surface area contributed by atoms with Gasteiger partial charge in [-0.2, -0.15) is 0 Å². The van der Waals surface area contributed by atoms with E-state index in [2.05, 4.69) is 20.3 Å². The Balaban J connectivity index is 1.46. The Hall–Kier alpha value is -1.77. The molecule has 3 heterocycles. The molecule has 5 rings (SSSR count). The van der Waals surface area contributed by atoms with Gasteiger partial charge in [0, 0.05) is 6.04 Å². The number of imidazole rings is 1. The SMILES string of the molecule is C[C@H]1O[C@@H](n2cnc3c(NC4CC5CCC4C5)ncnc32)[C@H](O)[C@@H]1O. The number of hydrogen-bond donors (Lipinski definition) is 3. The van der Waals surface area contributed by atoms with E-state index in [1.165, 1.54) is 32.0 Å². The first-order valence-electron chi connectivity index (χ1n) is 9.07. The first kappa shape index (κ1) is 15.5. The van der Waals surface area contributed by atoms with Gasteiger partial charge in [-0.25, -0.2) is 15.0 Å². The van der Waals surface area contributed by atoms with E-state index in [1.54, 1.807) is 17.8 Å². The predicted octanol–water partition coefficient (Wildman–Crippen LogP) is 1.07. The number of aromatic nitrogens is 4. The van der Waals surface area contributed by atoms with Crippen LogP contribution in [0.1, 0.15) is 38.8 Å². The summed E-state index contributed by atoms with van der Waals surface area (Å²) in [6, 6.07) is 0.456. The summed E-state index contributed by atoms with van der Waals surface area (Å²) in [4.78, 5) is 13.2. The Morgan fingerprint density at radius 3 is 2.72 bits per heavy atom. The fourth-order valence-corrected chi connectivity index (χ4v) is 4.80. The molecule has 3 N–H and O–H groups in total. The molecule has 8 nitrogen and oxygen atoms in total. The molecule has 2 aliphatic carbocycles. The molecule has 2 saturated carbocycles. The summed E-state index contributed by atoms with van der Waals surface area (Å²) in [5.74, 6) is 2.32. The Kier molecular flexibility index (Phi) is 3.48. The maximum absolute atomic E-state index is 10.2. The number of fused-ring (bicyclic) bond motifs is 3. The number of aliphatic hydroxyl groups is 2. The summed E-state index contributed by atoms with van der Waals surface area (Å²) in [6.45, 7) is 1.74. The van der Waals surface area contributed by atoms with E-state index in [9.17, 15) is 10.2 Å². The lowest BCUT2D eigenvalue weighted by Gasteiger charge is -2.23. The van der Waals surface area contributed by atoms with Gasteiger partial charge in [-0.3, -0.25) is 4.57 Å². The third-order valence-corrected chi connectivity index (χ3v) is 6.17. The van der Waals surface area contributed by atoms with Gasteiger partial charge in [0.25, 0.3) is 0 Å². The van der Waals surface area contributed by atoms with Gasteiger partial charge in [0.1, 0.15) is 18.5 Å². The Morgan fingerprint density at radius 1 is 1.16 bits per heavy atom. The first-order chi connectivity index (χ1) is 12.1. The van der Waals surface area contributed by atoms with Crippen molar-refractivity contribution in [3.8, 4) is 0 Å². The minimum Gasteiger partial charge on any atom is -0.388 e. The smallest absolute Gasteiger partial charge is 0.167 e. The van der Waals surface area contributed by atoms with Crippen molar-refractivity contribution in [3.63, 3.8) is 0 Å². The number of ether oxygens (including phenoxy) is 1. The van der Waals surface area contributed by atoms with E-state index in [0.29, 0.717) is 17.2 Å². The summed E-state index contributed by atoms with van der Waals surface area (Å²) in [5.41, 5.74) is 1.28. The van der Waals surface area contributed by atoms with Gasteiger partial charge in [0.05, 0.1) is 12.4 Å². The van der Waals surface area contributed by atoms with E-state index in [-0.39, 0.29) is 0 Å². The minimum absolute atomic E-state index is 0.439. The topological polar surface area (TPSA) is 105 Å². The number of nitrogens with zero attached hydrogens (tertiary/aromatic N) is 4. The summed E-state index contributed by atoms with van der Waals surface area (Å²) in [7, 11) is 0. The van der Waals surface area contributed by atoms with Crippen molar-refractivity contribution in [2.45, 2.75) is 63.2 Å². The summed E-state index contributed by atoms with van der Waals surface area (Å²) in [6.07, 6.45) is 5.22. The molecule has 2 bridgehead atoms. The molecule has 0 amide bonds. The van der Waals surface area contributed by atoms with E-state index < -0.39 is 24.5 Å². The largest absolute Gasteiger partial charge is 0.388 e. The zero-order chi connectivity index (χ0) is 17.1. The molecule has 1 saturated heterocycles. The molecule has 7 atom stereocenters. The van der Waals surface area contributed by atoms with Gasteiger partial charge in [-0.15, -0.1) is 0 Å². The Labute approximate surface area is 145 Å². The van der Waals surface area contributed by atoms with Gasteiger partial charge < -0.3 is 20.3 Å². The number of anilines is 1. The number of nitrogens with one attached hydrogen (secondary N) is 1. The normalized spacial score (nSPS) is 40.2. The second kappa shape index (κ2) is 5.62. The number of rotatable bonds is 3. The zero-order valence-corrected chi connectivity index (χ0v) is 14.1. The van der Waals surface area contributed by atoms with Crippen LogP contribution < -0.4 is 5.32 Å². The lowest BCUT2D eigenvalue weighted by atomic mass is 9.95. The van der Waals surface area contributed by atoms with E-state index in [0.717, 1.165) is 17.7 Å². The highest BCUT2D eigenvalue weighted by atomic mass is 16.6. The number of aliphatic hydroxyl groups excluding tert-OH is 2. The highest BCUT2D eigenvalue weighted by Gasteiger charge is 2.42. The van der Waals surface area contributed by atoms with Crippen molar-refractivity contribution in [1.82, 2.24) is 19.5 Å². The van der Waals surface area contributed by atoms with Crippen molar-refractivity contribution in [1.29, 1.82) is 0 Å².